The first-order chi connectivity index (χ1) is 5.72. The van der Waals surface area contributed by atoms with Gasteiger partial charge in [-0.1, -0.05) is 0 Å². The molecule has 0 saturated heterocycles. The lowest BCUT2D eigenvalue weighted by Crippen LogP contribution is -2.25. The molecule has 0 fully saturated rings. The van der Waals surface area contributed by atoms with Crippen molar-refractivity contribution in [1.82, 2.24) is 15.1 Å². The lowest BCUT2D eigenvalue weighted by Gasteiger charge is -1.99. The fourth-order valence-corrected chi connectivity index (χ4v) is 0.829. The molecule has 66 valence electrons. The van der Waals surface area contributed by atoms with E-state index in [-0.39, 0.29) is 5.91 Å². The Labute approximate surface area is 70.8 Å². The number of amides is 1. The maximum absolute atomic E-state index is 11.0. The molecule has 12 heavy (non-hydrogen) atoms. The molecule has 1 aromatic rings. The Kier molecular flexibility index (Phi) is 2.82. The van der Waals surface area contributed by atoms with Gasteiger partial charge in [0.05, 0.1) is 6.54 Å². The summed E-state index contributed by atoms with van der Waals surface area (Å²) in [5, 5.41) is 9.37. The van der Waals surface area contributed by atoms with Crippen LogP contribution in [0.15, 0.2) is 12.3 Å². The Morgan fingerprint density at radius 1 is 1.75 bits per heavy atom. The third-order valence-corrected chi connectivity index (χ3v) is 1.32. The molecule has 1 aromatic heterocycles. The maximum Gasteiger partial charge on any atom is 0.239 e. The Morgan fingerprint density at radius 2 is 2.50 bits per heavy atom. The number of hydrogen-bond donors (Lipinski definition) is 2. The van der Waals surface area contributed by atoms with Crippen LogP contribution in [0.3, 0.4) is 0 Å². The highest BCUT2D eigenvalue weighted by Crippen LogP contribution is 1.99. The van der Waals surface area contributed by atoms with Crippen molar-refractivity contribution in [3.63, 3.8) is 0 Å². The van der Waals surface area contributed by atoms with Gasteiger partial charge >= 0.3 is 0 Å². The van der Waals surface area contributed by atoms with Crippen molar-refractivity contribution in [3.8, 4) is 0 Å². The highest BCUT2D eigenvalue weighted by molar-refractivity contribution is 5.91. The van der Waals surface area contributed by atoms with Crippen LogP contribution in [0.4, 0.5) is 5.82 Å². The second kappa shape index (κ2) is 3.87. The smallest absolute Gasteiger partial charge is 0.239 e. The molecule has 2 N–H and O–H groups in total. The van der Waals surface area contributed by atoms with E-state index in [1.54, 1.807) is 31.0 Å². The number of hydrogen-bond acceptors (Lipinski definition) is 3. The van der Waals surface area contributed by atoms with E-state index in [9.17, 15) is 4.79 Å². The zero-order valence-corrected chi connectivity index (χ0v) is 7.16. The summed E-state index contributed by atoms with van der Waals surface area (Å²) in [4.78, 5) is 11.0. The average molecular weight is 168 g/mol. The molecule has 0 aliphatic rings. The Morgan fingerprint density at radius 3 is 3.00 bits per heavy atom. The van der Waals surface area contributed by atoms with E-state index in [1.807, 2.05) is 0 Å². The lowest BCUT2D eigenvalue weighted by atomic mass is 10.5. The van der Waals surface area contributed by atoms with Crippen LogP contribution >= 0.6 is 0 Å². The minimum Gasteiger partial charge on any atom is -0.311 e. The Hall–Kier alpha value is -1.36. The third kappa shape index (κ3) is 2.35. The van der Waals surface area contributed by atoms with Gasteiger partial charge in [0.15, 0.2) is 5.82 Å². The van der Waals surface area contributed by atoms with Crippen LogP contribution < -0.4 is 10.6 Å². The largest absolute Gasteiger partial charge is 0.311 e. The first kappa shape index (κ1) is 8.73. The van der Waals surface area contributed by atoms with Crippen molar-refractivity contribution in [2.75, 3.05) is 18.9 Å². The van der Waals surface area contributed by atoms with Crippen LogP contribution in [0.25, 0.3) is 0 Å². The van der Waals surface area contributed by atoms with Gasteiger partial charge in [0.25, 0.3) is 0 Å². The highest BCUT2D eigenvalue weighted by Gasteiger charge is 2.01. The van der Waals surface area contributed by atoms with E-state index in [1.165, 1.54) is 0 Å². The van der Waals surface area contributed by atoms with Gasteiger partial charge in [-0.25, -0.2) is 0 Å². The normalized spacial score (nSPS) is 9.83. The molecule has 0 aliphatic carbocycles. The van der Waals surface area contributed by atoms with Crippen LogP contribution in [0.1, 0.15) is 0 Å². The predicted octanol–water partition coefficient (Wildman–Crippen LogP) is -0.422. The maximum atomic E-state index is 11.0. The van der Waals surface area contributed by atoms with E-state index in [0.29, 0.717) is 12.4 Å². The minimum absolute atomic E-state index is 0.0869. The van der Waals surface area contributed by atoms with E-state index < -0.39 is 0 Å². The molecule has 0 saturated carbocycles. The van der Waals surface area contributed by atoms with E-state index in [0.717, 1.165) is 0 Å². The first-order valence-corrected chi connectivity index (χ1v) is 3.66. The number of aryl methyl sites for hydroxylation is 1. The van der Waals surface area contributed by atoms with Crippen LogP contribution in [-0.4, -0.2) is 29.3 Å². The van der Waals surface area contributed by atoms with Crippen molar-refractivity contribution in [2.45, 2.75) is 0 Å². The summed E-state index contributed by atoms with van der Waals surface area (Å²) in [7, 11) is 3.52. The zero-order valence-electron chi connectivity index (χ0n) is 7.16. The number of anilines is 1. The van der Waals surface area contributed by atoms with Crippen LogP contribution in [0.2, 0.25) is 0 Å². The molecular weight excluding hydrogens is 156 g/mol. The van der Waals surface area contributed by atoms with E-state index >= 15 is 0 Å². The molecule has 0 spiro atoms. The second-order valence-electron chi connectivity index (χ2n) is 2.45. The summed E-state index contributed by atoms with van der Waals surface area (Å²) in [6.45, 7) is 0.302. The van der Waals surface area contributed by atoms with E-state index in [2.05, 4.69) is 15.7 Å². The molecule has 1 rings (SSSR count). The van der Waals surface area contributed by atoms with Gasteiger partial charge in [-0.05, 0) is 7.05 Å². The number of aromatic nitrogens is 2. The number of carbonyl (C=O) groups excluding carboxylic acids is 1. The molecule has 0 radical (unpaired) electrons. The van der Waals surface area contributed by atoms with Crippen molar-refractivity contribution in [2.24, 2.45) is 7.05 Å². The number of carbonyl (C=O) groups is 1. The van der Waals surface area contributed by atoms with Gasteiger partial charge in [-0.2, -0.15) is 5.10 Å². The lowest BCUT2D eigenvalue weighted by molar-refractivity contribution is -0.115. The van der Waals surface area contributed by atoms with Gasteiger partial charge in [0.1, 0.15) is 0 Å². The Balaban J connectivity index is 2.46. The zero-order chi connectivity index (χ0) is 8.97. The monoisotopic (exact) mass is 168 g/mol. The summed E-state index contributed by atoms with van der Waals surface area (Å²) in [5.74, 6) is 0.494. The number of nitrogens with one attached hydrogen (secondary N) is 2. The van der Waals surface area contributed by atoms with Crippen LogP contribution in [0, 0.1) is 0 Å². The average Bonchev–Trinajstić information content (AvgIpc) is 2.36. The topological polar surface area (TPSA) is 59.0 Å². The van der Waals surface area contributed by atoms with Gasteiger partial charge in [0, 0.05) is 19.3 Å². The van der Waals surface area contributed by atoms with E-state index in [4.69, 9.17) is 0 Å². The fraction of sp³-hybridized carbons (Fsp3) is 0.429. The summed E-state index contributed by atoms with van der Waals surface area (Å²) in [6.07, 6.45) is 1.77. The summed E-state index contributed by atoms with van der Waals surface area (Å²) in [6, 6.07) is 1.74. The molecule has 0 aliphatic heterocycles. The molecule has 5 nitrogen and oxygen atoms in total. The van der Waals surface area contributed by atoms with Gasteiger partial charge in [0.2, 0.25) is 5.91 Å². The molecule has 5 heteroatoms. The van der Waals surface area contributed by atoms with Gasteiger partial charge < -0.3 is 10.6 Å². The molecule has 0 aromatic carbocycles. The number of likely N-dealkylation sites (N-methyl/N-ethyl adjacent to an activating group) is 1. The van der Waals surface area contributed by atoms with Crippen molar-refractivity contribution >= 4 is 11.7 Å². The molecule has 1 heterocycles. The summed E-state index contributed by atoms with van der Waals surface area (Å²) >= 11 is 0. The van der Waals surface area contributed by atoms with Crippen molar-refractivity contribution in [3.05, 3.63) is 12.3 Å². The number of rotatable bonds is 3. The summed E-state index contributed by atoms with van der Waals surface area (Å²) in [5.41, 5.74) is 0. The molecule has 0 unspecified atom stereocenters. The van der Waals surface area contributed by atoms with Crippen LogP contribution in [0.5, 0.6) is 0 Å². The quantitative estimate of drug-likeness (QED) is 0.644. The van der Waals surface area contributed by atoms with Gasteiger partial charge in [-0.15, -0.1) is 0 Å². The SMILES string of the molecule is CNCC(=O)Nc1ccn(C)n1. The Bertz CT molecular complexity index is 268. The molecular formula is C7H12N4O. The second-order valence-corrected chi connectivity index (χ2v) is 2.45. The predicted molar refractivity (Wildman–Crippen MR) is 45.8 cm³/mol. The molecule has 1 amide bonds. The first-order valence-electron chi connectivity index (χ1n) is 3.66. The number of nitrogens with zero attached hydrogens (tertiary/aromatic N) is 2. The van der Waals surface area contributed by atoms with Crippen molar-refractivity contribution < 1.29 is 4.79 Å². The third-order valence-electron chi connectivity index (χ3n) is 1.32. The summed E-state index contributed by atoms with van der Waals surface area (Å²) < 4.78 is 1.63. The minimum atomic E-state index is -0.0869. The molecule has 0 atom stereocenters. The standard InChI is InChI=1S/C7H12N4O/c1-8-5-7(12)9-6-3-4-11(2)10-6/h3-4,8H,5H2,1-2H3,(H,9,10,12). The van der Waals surface area contributed by atoms with Crippen LogP contribution in [-0.2, 0) is 11.8 Å². The molecule has 0 bridgehead atoms. The fourth-order valence-electron chi connectivity index (χ4n) is 0.829. The van der Waals surface area contributed by atoms with Gasteiger partial charge in [-0.3, -0.25) is 9.48 Å². The van der Waals surface area contributed by atoms with Crippen molar-refractivity contribution in [1.29, 1.82) is 0 Å². The highest BCUT2D eigenvalue weighted by atomic mass is 16.2.